The average molecular weight is 314 g/mol. The SMILES string of the molecule is O=C(COC(=O)c1ccc2ncoc2c1)Nc1ccc(F)cc1. The molecule has 0 fully saturated rings. The summed E-state index contributed by atoms with van der Waals surface area (Å²) in [5.41, 5.74) is 1.74. The molecule has 23 heavy (non-hydrogen) atoms. The van der Waals surface area contributed by atoms with Crippen molar-refractivity contribution in [2.24, 2.45) is 0 Å². The van der Waals surface area contributed by atoms with Crippen LogP contribution in [0.1, 0.15) is 10.4 Å². The van der Waals surface area contributed by atoms with Gasteiger partial charge in [0.15, 0.2) is 18.6 Å². The lowest BCUT2D eigenvalue weighted by Gasteiger charge is -2.06. The topological polar surface area (TPSA) is 81.4 Å². The van der Waals surface area contributed by atoms with E-state index >= 15 is 0 Å². The summed E-state index contributed by atoms with van der Waals surface area (Å²) in [4.78, 5) is 27.5. The van der Waals surface area contributed by atoms with E-state index in [9.17, 15) is 14.0 Å². The Bertz CT molecular complexity index is 858. The summed E-state index contributed by atoms with van der Waals surface area (Å²) in [6.07, 6.45) is 1.27. The van der Waals surface area contributed by atoms with Crippen LogP contribution in [0.2, 0.25) is 0 Å². The Balaban J connectivity index is 1.57. The highest BCUT2D eigenvalue weighted by Gasteiger charge is 2.12. The van der Waals surface area contributed by atoms with Crippen molar-refractivity contribution in [3.05, 3.63) is 60.2 Å². The predicted molar refractivity (Wildman–Crippen MR) is 79.3 cm³/mol. The third-order valence-corrected chi connectivity index (χ3v) is 3.03. The van der Waals surface area contributed by atoms with Gasteiger partial charge in [0.1, 0.15) is 11.3 Å². The van der Waals surface area contributed by atoms with Crippen molar-refractivity contribution in [2.45, 2.75) is 0 Å². The van der Waals surface area contributed by atoms with Gasteiger partial charge in [0, 0.05) is 5.69 Å². The van der Waals surface area contributed by atoms with Crippen LogP contribution >= 0.6 is 0 Å². The van der Waals surface area contributed by atoms with Gasteiger partial charge >= 0.3 is 5.97 Å². The molecule has 3 aromatic rings. The maximum atomic E-state index is 12.8. The Hall–Kier alpha value is -3.22. The highest BCUT2D eigenvalue weighted by Crippen LogP contribution is 2.15. The van der Waals surface area contributed by atoms with E-state index in [1.54, 1.807) is 6.07 Å². The fraction of sp³-hybridized carbons (Fsp3) is 0.0625. The van der Waals surface area contributed by atoms with Gasteiger partial charge in [-0.25, -0.2) is 14.2 Å². The number of aromatic nitrogens is 1. The summed E-state index contributed by atoms with van der Waals surface area (Å²) in [6.45, 7) is -0.454. The Morgan fingerprint density at radius 3 is 2.74 bits per heavy atom. The minimum absolute atomic E-state index is 0.254. The minimum Gasteiger partial charge on any atom is -0.452 e. The van der Waals surface area contributed by atoms with E-state index in [0.29, 0.717) is 16.8 Å². The van der Waals surface area contributed by atoms with Crippen LogP contribution in [0.25, 0.3) is 11.1 Å². The number of esters is 1. The first-order valence-corrected chi connectivity index (χ1v) is 6.67. The minimum atomic E-state index is -0.655. The van der Waals surface area contributed by atoms with Crippen molar-refractivity contribution in [3.63, 3.8) is 0 Å². The molecule has 0 radical (unpaired) electrons. The summed E-state index contributed by atoms with van der Waals surface area (Å²) in [5, 5.41) is 2.49. The maximum absolute atomic E-state index is 12.8. The number of oxazole rings is 1. The molecule has 1 aromatic heterocycles. The van der Waals surface area contributed by atoms with E-state index in [1.165, 1.54) is 42.8 Å². The maximum Gasteiger partial charge on any atom is 0.338 e. The van der Waals surface area contributed by atoms with Crippen LogP contribution in [0.15, 0.2) is 53.3 Å². The molecule has 1 heterocycles. The Labute approximate surface area is 129 Å². The molecule has 1 N–H and O–H groups in total. The lowest BCUT2D eigenvalue weighted by atomic mass is 10.2. The van der Waals surface area contributed by atoms with Crippen LogP contribution < -0.4 is 5.32 Å². The lowest BCUT2D eigenvalue weighted by Crippen LogP contribution is -2.20. The van der Waals surface area contributed by atoms with Gasteiger partial charge in [-0.05, 0) is 42.5 Å². The number of nitrogens with one attached hydrogen (secondary N) is 1. The van der Waals surface area contributed by atoms with E-state index in [4.69, 9.17) is 9.15 Å². The molecule has 116 valence electrons. The zero-order chi connectivity index (χ0) is 16.2. The van der Waals surface area contributed by atoms with Crippen LogP contribution in [-0.2, 0) is 9.53 Å². The highest BCUT2D eigenvalue weighted by molar-refractivity contribution is 5.96. The first kappa shape index (κ1) is 14.7. The molecule has 0 aliphatic rings. The first-order valence-electron chi connectivity index (χ1n) is 6.67. The van der Waals surface area contributed by atoms with Gasteiger partial charge in [-0.1, -0.05) is 0 Å². The zero-order valence-electron chi connectivity index (χ0n) is 11.8. The summed E-state index contributed by atoms with van der Waals surface area (Å²) in [5.74, 6) is -1.58. The second-order valence-electron chi connectivity index (χ2n) is 4.67. The number of ether oxygens (including phenoxy) is 1. The van der Waals surface area contributed by atoms with Gasteiger partial charge in [0.05, 0.1) is 5.56 Å². The van der Waals surface area contributed by atoms with Crippen molar-refractivity contribution >= 4 is 28.7 Å². The molecule has 0 unspecified atom stereocenters. The smallest absolute Gasteiger partial charge is 0.338 e. The van der Waals surface area contributed by atoms with E-state index < -0.39 is 24.3 Å². The van der Waals surface area contributed by atoms with Crippen molar-refractivity contribution in [1.29, 1.82) is 0 Å². The van der Waals surface area contributed by atoms with E-state index in [2.05, 4.69) is 10.3 Å². The molecule has 0 saturated carbocycles. The van der Waals surface area contributed by atoms with Gasteiger partial charge in [-0.15, -0.1) is 0 Å². The monoisotopic (exact) mass is 314 g/mol. The number of anilines is 1. The second-order valence-corrected chi connectivity index (χ2v) is 4.67. The normalized spacial score (nSPS) is 10.5. The number of halogens is 1. The number of amides is 1. The molecule has 0 spiro atoms. The van der Waals surface area contributed by atoms with Crippen LogP contribution in [0.4, 0.5) is 10.1 Å². The number of hydrogen-bond donors (Lipinski definition) is 1. The van der Waals surface area contributed by atoms with Gasteiger partial charge in [-0.2, -0.15) is 0 Å². The fourth-order valence-electron chi connectivity index (χ4n) is 1.93. The van der Waals surface area contributed by atoms with Gasteiger partial charge in [0.25, 0.3) is 5.91 Å². The molecule has 0 aliphatic heterocycles. The zero-order valence-corrected chi connectivity index (χ0v) is 11.8. The fourth-order valence-corrected chi connectivity index (χ4v) is 1.93. The standard InChI is InChI=1S/C16H11FN2O4/c17-11-2-4-12(5-3-11)19-15(20)8-22-16(21)10-1-6-13-14(7-10)23-9-18-13/h1-7,9H,8H2,(H,19,20). The molecule has 3 rings (SSSR count). The summed E-state index contributed by atoms with van der Waals surface area (Å²) >= 11 is 0. The molecule has 0 saturated heterocycles. The second kappa shape index (κ2) is 6.27. The number of fused-ring (bicyclic) bond motifs is 1. The van der Waals surface area contributed by atoms with Gasteiger partial charge < -0.3 is 14.5 Å². The lowest BCUT2D eigenvalue weighted by molar-refractivity contribution is -0.119. The number of rotatable bonds is 4. The summed E-state index contributed by atoms with van der Waals surface area (Å²) in [6, 6.07) is 9.89. The molecule has 6 nitrogen and oxygen atoms in total. The van der Waals surface area contributed by atoms with Crippen LogP contribution in [0, 0.1) is 5.82 Å². The molecule has 0 bridgehead atoms. The number of carbonyl (C=O) groups excluding carboxylic acids is 2. The molecule has 0 atom stereocenters. The van der Waals surface area contributed by atoms with E-state index in [1.807, 2.05) is 0 Å². The Morgan fingerprint density at radius 2 is 1.96 bits per heavy atom. The largest absolute Gasteiger partial charge is 0.452 e. The molecule has 2 aromatic carbocycles. The number of hydrogen-bond acceptors (Lipinski definition) is 5. The van der Waals surface area contributed by atoms with Crippen LogP contribution in [0.5, 0.6) is 0 Å². The molecular formula is C16H11FN2O4. The van der Waals surface area contributed by atoms with Gasteiger partial charge in [0.2, 0.25) is 0 Å². The quantitative estimate of drug-likeness (QED) is 0.749. The summed E-state index contributed by atoms with van der Waals surface area (Å²) < 4.78 is 22.8. The number of carbonyl (C=O) groups is 2. The number of nitrogens with zero attached hydrogens (tertiary/aromatic N) is 1. The van der Waals surface area contributed by atoms with Crippen LogP contribution in [-0.4, -0.2) is 23.5 Å². The van der Waals surface area contributed by atoms with Crippen molar-refractivity contribution in [3.8, 4) is 0 Å². The average Bonchev–Trinajstić information content (AvgIpc) is 3.02. The first-order chi connectivity index (χ1) is 11.1. The van der Waals surface area contributed by atoms with Gasteiger partial charge in [-0.3, -0.25) is 4.79 Å². The third kappa shape index (κ3) is 3.52. The number of benzene rings is 2. The third-order valence-electron chi connectivity index (χ3n) is 3.03. The Morgan fingerprint density at radius 1 is 1.17 bits per heavy atom. The predicted octanol–water partition coefficient (Wildman–Crippen LogP) is 2.76. The highest BCUT2D eigenvalue weighted by atomic mass is 19.1. The van der Waals surface area contributed by atoms with Crippen molar-refractivity contribution in [2.75, 3.05) is 11.9 Å². The van der Waals surface area contributed by atoms with Crippen molar-refractivity contribution < 1.29 is 23.1 Å². The summed E-state index contributed by atoms with van der Waals surface area (Å²) in [7, 11) is 0. The van der Waals surface area contributed by atoms with Crippen LogP contribution in [0.3, 0.4) is 0 Å². The van der Waals surface area contributed by atoms with E-state index in [0.717, 1.165) is 0 Å². The molecule has 1 amide bonds. The van der Waals surface area contributed by atoms with Crippen molar-refractivity contribution in [1.82, 2.24) is 4.98 Å². The van der Waals surface area contributed by atoms with E-state index in [-0.39, 0.29) is 5.56 Å². The Kier molecular flexibility index (Phi) is 4.01. The molecule has 0 aliphatic carbocycles. The molecule has 7 heteroatoms. The molecular weight excluding hydrogens is 303 g/mol.